The molecule has 0 spiro atoms. The molecule has 11 nitrogen and oxygen atoms in total. The molecule has 2 aliphatic heterocycles. The summed E-state index contributed by atoms with van der Waals surface area (Å²) >= 11 is 1.38. The van der Waals surface area contributed by atoms with Crippen LogP contribution in [0.15, 0.2) is 40.5 Å². The maximum atomic E-state index is 13.3. The predicted molar refractivity (Wildman–Crippen MR) is 146 cm³/mol. The molecule has 1 saturated carbocycles. The highest BCUT2D eigenvalue weighted by Crippen LogP contribution is 2.33. The third-order valence-electron chi connectivity index (χ3n) is 7.16. The van der Waals surface area contributed by atoms with E-state index in [4.69, 9.17) is 9.57 Å². The van der Waals surface area contributed by atoms with Gasteiger partial charge >= 0.3 is 0 Å². The van der Waals surface area contributed by atoms with E-state index in [1.54, 1.807) is 25.3 Å². The summed E-state index contributed by atoms with van der Waals surface area (Å²) in [5.74, 6) is -0.415. The third-order valence-corrected chi connectivity index (χ3v) is 10.3. The molecule has 2 saturated heterocycles. The van der Waals surface area contributed by atoms with E-state index in [0.717, 1.165) is 11.4 Å². The van der Waals surface area contributed by atoms with E-state index >= 15 is 0 Å². The van der Waals surface area contributed by atoms with Crippen molar-refractivity contribution in [3.05, 3.63) is 40.9 Å². The van der Waals surface area contributed by atoms with Gasteiger partial charge in [0.25, 0.3) is 5.91 Å². The van der Waals surface area contributed by atoms with Crippen molar-refractivity contribution in [3.63, 3.8) is 0 Å². The number of aromatic nitrogens is 1. The molecule has 1 aliphatic carbocycles. The standard InChI is InChI=1S/C26H33N5O6S2/c1-17-14-31(18(2)32)11-10-30(17)15-21-13-27-26(38-21)28-25(33)24(29-37-20-9-12-36-16-20)19-3-5-22(6-4-19)39(34,35)23-7-8-23/h3-6,13,17,20,23H,7-12,14-16H2,1-2H3,(H,27,28,33)/t17-,20-/m1/s1. The second-order valence-electron chi connectivity index (χ2n) is 10.2. The van der Waals surface area contributed by atoms with Crippen molar-refractivity contribution >= 4 is 43.8 Å². The van der Waals surface area contributed by atoms with Gasteiger partial charge in [0.15, 0.2) is 26.8 Å². The maximum absolute atomic E-state index is 13.3. The van der Waals surface area contributed by atoms with Crippen LogP contribution in [0.25, 0.3) is 0 Å². The SMILES string of the molecule is CC(=O)N1CCN(Cc2cnc(NC(=O)C(=NO[C@@H]3CCOC3)c3ccc(S(=O)(=O)C4CC4)cc3)s2)[C@H](C)C1. The fraction of sp³-hybridized carbons (Fsp3) is 0.538. The summed E-state index contributed by atoms with van der Waals surface area (Å²) < 4.78 is 30.5. The van der Waals surface area contributed by atoms with Crippen molar-refractivity contribution in [2.45, 2.75) is 61.9 Å². The minimum atomic E-state index is -3.34. The summed E-state index contributed by atoms with van der Waals surface area (Å²) in [6.07, 6.45) is 3.52. The number of hydrogen-bond donors (Lipinski definition) is 1. The first-order valence-electron chi connectivity index (χ1n) is 13.1. The number of carbonyl (C=O) groups is 2. The van der Waals surface area contributed by atoms with Crippen molar-refractivity contribution < 1.29 is 27.6 Å². The Morgan fingerprint density at radius 2 is 1.97 bits per heavy atom. The fourth-order valence-electron chi connectivity index (χ4n) is 4.63. The van der Waals surface area contributed by atoms with Crippen LogP contribution in [0, 0.1) is 0 Å². The monoisotopic (exact) mass is 575 g/mol. The van der Waals surface area contributed by atoms with Crippen LogP contribution < -0.4 is 5.32 Å². The second kappa shape index (κ2) is 11.7. The first kappa shape index (κ1) is 27.7. The quantitative estimate of drug-likeness (QED) is 0.356. The lowest BCUT2D eigenvalue weighted by Gasteiger charge is -2.39. The minimum Gasteiger partial charge on any atom is -0.389 e. The molecule has 0 radical (unpaired) electrons. The van der Waals surface area contributed by atoms with E-state index in [1.165, 1.54) is 23.5 Å². The summed E-state index contributed by atoms with van der Waals surface area (Å²) in [4.78, 5) is 40.4. The molecule has 210 valence electrons. The number of nitrogens with zero attached hydrogens (tertiary/aromatic N) is 4. The number of benzene rings is 1. The Balaban J connectivity index is 1.27. The molecular weight excluding hydrogens is 542 g/mol. The largest absolute Gasteiger partial charge is 0.389 e. The number of sulfone groups is 1. The van der Waals surface area contributed by atoms with Gasteiger partial charge < -0.3 is 14.5 Å². The molecule has 2 amide bonds. The Kier molecular flexibility index (Phi) is 8.31. The Hall–Kier alpha value is -2.87. The zero-order valence-corrected chi connectivity index (χ0v) is 23.7. The van der Waals surface area contributed by atoms with Gasteiger partial charge in [-0.15, -0.1) is 11.3 Å². The van der Waals surface area contributed by atoms with Crippen LogP contribution in [0.2, 0.25) is 0 Å². The predicted octanol–water partition coefficient (Wildman–Crippen LogP) is 2.28. The van der Waals surface area contributed by atoms with Gasteiger partial charge in [0.05, 0.1) is 23.4 Å². The summed E-state index contributed by atoms with van der Waals surface area (Å²) in [7, 11) is -3.34. The number of carbonyl (C=O) groups excluding carboxylic acids is 2. The highest BCUT2D eigenvalue weighted by atomic mass is 32.2. The molecule has 1 N–H and O–H groups in total. The molecular formula is C26H33N5O6S2. The molecule has 3 aliphatic rings. The second-order valence-corrected chi connectivity index (χ2v) is 13.5. The van der Waals surface area contributed by atoms with Gasteiger partial charge in [0, 0.05) is 62.2 Å². The Labute approximate surface area is 232 Å². The Morgan fingerprint density at radius 1 is 1.21 bits per heavy atom. The molecule has 3 fully saturated rings. The number of nitrogens with one attached hydrogen (secondary N) is 1. The summed E-state index contributed by atoms with van der Waals surface area (Å²) in [5, 5.41) is 7.08. The Morgan fingerprint density at radius 3 is 2.62 bits per heavy atom. The van der Waals surface area contributed by atoms with E-state index in [2.05, 4.69) is 27.3 Å². The maximum Gasteiger partial charge on any atom is 0.280 e. The van der Waals surface area contributed by atoms with Gasteiger partial charge in [-0.25, -0.2) is 13.4 Å². The summed E-state index contributed by atoms with van der Waals surface area (Å²) in [6, 6.07) is 6.40. The van der Waals surface area contributed by atoms with Gasteiger partial charge in [-0.05, 0) is 31.9 Å². The van der Waals surface area contributed by atoms with Crippen molar-refractivity contribution in [2.75, 3.05) is 38.2 Å². The molecule has 0 bridgehead atoms. The smallest absolute Gasteiger partial charge is 0.280 e. The number of anilines is 1. The molecule has 0 unspecified atom stereocenters. The Bertz CT molecular complexity index is 1330. The normalized spacial score (nSPS) is 22.6. The van der Waals surface area contributed by atoms with E-state index in [-0.39, 0.29) is 33.9 Å². The fourth-order valence-corrected chi connectivity index (χ4v) is 7.12. The average Bonchev–Trinajstić information content (AvgIpc) is 3.49. The van der Waals surface area contributed by atoms with E-state index in [0.29, 0.717) is 62.8 Å². The molecule has 13 heteroatoms. The van der Waals surface area contributed by atoms with Crippen molar-refractivity contribution in [3.8, 4) is 0 Å². The lowest BCUT2D eigenvalue weighted by Crippen LogP contribution is -2.52. The number of oxime groups is 1. The highest BCUT2D eigenvalue weighted by molar-refractivity contribution is 7.92. The summed E-state index contributed by atoms with van der Waals surface area (Å²) in [6.45, 7) is 7.47. The molecule has 1 aromatic carbocycles. The van der Waals surface area contributed by atoms with E-state index < -0.39 is 15.7 Å². The molecule has 2 atom stereocenters. The van der Waals surface area contributed by atoms with Gasteiger partial charge in [-0.1, -0.05) is 17.3 Å². The van der Waals surface area contributed by atoms with Crippen LogP contribution in [0.5, 0.6) is 0 Å². The van der Waals surface area contributed by atoms with Gasteiger partial charge in [-0.3, -0.25) is 19.8 Å². The minimum absolute atomic E-state index is 0.0306. The number of ether oxygens (including phenoxy) is 1. The molecule has 3 heterocycles. The van der Waals surface area contributed by atoms with Crippen molar-refractivity contribution in [1.29, 1.82) is 0 Å². The van der Waals surface area contributed by atoms with Crippen LogP contribution >= 0.6 is 11.3 Å². The molecule has 1 aromatic heterocycles. The van der Waals surface area contributed by atoms with E-state index in [1.807, 2.05) is 4.90 Å². The number of piperazine rings is 1. The van der Waals surface area contributed by atoms with Gasteiger partial charge in [0.2, 0.25) is 5.91 Å². The zero-order valence-electron chi connectivity index (χ0n) is 22.0. The van der Waals surface area contributed by atoms with Crippen LogP contribution in [0.3, 0.4) is 0 Å². The van der Waals surface area contributed by atoms with Crippen molar-refractivity contribution in [1.82, 2.24) is 14.8 Å². The lowest BCUT2D eigenvalue weighted by molar-refractivity contribution is -0.131. The third kappa shape index (κ3) is 6.65. The number of thiazole rings is 1. The van der Waals surface area contributed by atoms with E-state index in [9.17, 15) is 18.0 Å². The first-order chi connectivity index (χ1) is 18.7. The number of hydrogen-bond acceptors (Lipinski definition) is 10. The molecule has 5 rings (SSSR count). The molecule has 39 heavy (non-hydrogen) atoms. The van der Waals surface area contributed by atoms with Crippen LogP contribution in [-0.2, 0) is 35.5 Å². The number of amides is 2. The van der Waals surface area contributed by atoms with Crippen LogP contribution in [-0.4, -0.2) is 91.0 Å². The first-order valence-corrected chi connectivity index (χ1v) is 15.5. The van der Waals surface area contributed by atoms with Gasteiger partial charge in [0.1, 0.15) is 0 Å². The number of rotatable bonds is 9. The highest BCUT2D eigenvalue weighted by Gasteiger charge is 2.37. The average molecular weight is 576 g/mol. The van der Waals surface area contributed by atoms with Gasteiger partial charge in [-0.2, -0.15) is 0 Å². The van der Waals surface area contributed by atoms with Crippen molar-refractivity contribution in [2.24, 2.45) is 5.16 Å². The zero-order chi connectivity index (χ0) is 27.6. The summed E-state index contributed by atoms with van der Waals surface area (Å²) in [5.41, 5.74) is 0.470. The van der Waals surface area contributed by atoms with Crippen LogP contribution in [0.4, 0.5) is 5.13 Å². The van der Waals surface area contributed by atoms with Crippen LogP contribution in [0.1, 0.15) is 43.6 Å². The molecule has 2 aromatic rings. The lowest BCUT2D eigenvalue weighted by atomic mass is 10.1. The topological polar surface area (TPSA) is 130 Å².